The van der Waals surface area contributed by atoms with Crippen LogP contribution in [0.15, 0.2) is 18.2 Å². The lowest BCUT2D eigenvalue weighted by Crippen LogP contribution is -2.48. The zero-order chi connectivity index (χ0) is 15.4. The predicted molar refractivity (Wildman–Crippen MR) is 91.3 cm³/mol. The van der Waals surface area contributed by atoms with Crippen LogP contribution < -0.4 is 10.6 Å². The Morgan fingerprint density at radius 1 is 1.24 bits per heavy atom. The standard InChI is InChI=1S/C16H27ClN4/c1-13(18)14-4-5-16(15(17)12-14)21-10-8-20(9-11-21)7-6-19(2)3/h4-5,12-13H,6-11,18H2,1-3H3/t13-/m1/s1. The number of piperazine rings is 1. The number of hydrogen-bond donors (Lipinski definition) is 1. The summed E-state index contributed by atoms with van der Waals surface area (Å²) in [5.41, 5.74) is 8.13. The number of nitrogens with zero attached hydrogens (tertiary/aromatic N) is 3. The van der Waals surface area contributed by atoms with Crippen LogP contribution >= 0.6 is 11.6 Å². The van der Waals surface area contributed by atoms with E-state index >= 15 is 0 Å². The molecule has 21 heavy (non-hydrogen) atoms. The first-order valence-electron chi connectivity index (χ1n) is 7.64. The Labute approximate surface area is 133 Å². The van der Waals surface area contributed by atoms with Gasteiger partial charge < -0.3 is 15.5 Å². The minimum atomic E-state index is 0.0273. The van der Waals surface area contributed by atoms with Crippen LogP contribution in [-0.2, 0) is 0 Å². The number of anilines is 1. The molecule has 0 aromatic heterocycles. The van der Waals surface area contributed by atoms with Crippen LogP contribution in [0.5, 0.6) is 0 Å². The van der Waals surface area contributed by atoms with E-state index in [1.54, 1.807) is 0 Å². The fourth-order valence-electron chi connectivity index (χ4n) is 2.62. The summed E-state index contributed by atoms with van der Waals surface area (Å²) in [6, 6.07) is 6.22. The van der Waals surface area contributed by atoms with E-state index in [0.717, 1.165) is 55.5 Å². The van der Waals surface area contributed by atoms with Crippen LogP contribution in [0.1, 0.15) is 18.5 Å². The molecule has 0 amide bonds. The molecule has 1 saturated heterocycles. The van der Waals surface area contributed by atoms with Gasteiger partial charge in [0.2, 0.25) is 0 Å². The highest BCUT2D eigenvalue weighted by Gasteiger charge is 2.19. The van der Waals surface area contributed by atoms with E-state index in [4.69, 9.17) is 17.3 Å². The van der Waals surface area contributed by atoms with Crippen molar-refractivity contribution in [3.8, 4) is 0 Å². The molecule has 0 unspecified atom stereocenters. The maximum atomic E-state index is 6.43. The largest absolute Gasteiger partial charge is 0.368 e. The van der Waals surface area contributed by atoms with Crippen LogP contribution in [-0.4, -0.2) is 63.2 Å². The molecule has 0 aliphatic carbocycles. The molecule has 0 saturated carbocycles. The maximum absolute atomic E-state index is 6.43. The van der Waals surface area contributed by atoms with E-state index < -0.39 is 0 Å². The minimum Gasteiger partial charge on any atom is -0.368 e. The summed E-state index contributed by atoms with van der Waals surface area (Å²) in [6.45, 7) is 8.49. The molecule has 0 spiro atoms. The summed E-state index contributed by atoms with van der Waals surface area (Å²) in [5, 5.41) is 0.812. The zero-order valence-electron chi connectivity index (χ0n) is 13.3. The van der Waals surface area contributed by atoms with Gasteiger partial charge in [-0.05, 0) is 38.7 Å². The molecule has 2 N–H and O–H groups in total. The van der Waals surface area contributed by atoms with Gasteiger partial charge in [0.25, 0.3) is 0 Å². The van der Waals surface area contributed by atoms with Gasteiger partial charge in [0.15, 0.2) is 0 Å². The highest BCUT2D eigenvalue weighted by Crippen LogP contribution is 2.29. The molecule has 4 nitrogen and oxygen atoms in total. The summed E-state index contributed by atoms with van der Waals surface area (Å²) < 4.78 is 0. The Hall–Kier alpha value is -0.810. The minimum absolute atomic E-state index is 0.0273. The summed E-state index contributed by atoms with van der Waals surface area (Å²) in [7, 11) is 4.24. The van der Waals surface area contributed by atoms with Gasteiger partial charge in [-0.2, -0.15) is 0 Å². The molecule has 2 rings (SSSR count). The quantitative estimate of drug-likeness (QED) is 0.903. The van der Waals surface area contributed by atoms with Gasteiger partial charge in [0.1, 0.15) is 0 Å². The van der Waals surface area contributed by atoms with Crippen LogP contribution in [0.4, 0.5) is 5.69 Å². The van der Waals surface area contributed by atoms with Crippen molar-refractivity contribution >= 4 is 17.3 Å². The van der Waals surface area contributed by atoms with E-state index in [1.807, 2.05) is 13.0 Å². The molecule has 0 radical (unpaired) electrons. The summed E-state index contributed by atoms with van der Waals surface area (Å²) in [6.07, 6.45) is 0. The number of rotatable bonds is 5. The second-order valence-corrected chi connectivity index (χ2v) is 6.54. The first-order chi connectivity index (χ1) is 9.97. The summed E-state index contributed by atoms with van der Waals surface area (Å²) >= 11 is 6.43. The smallest absolute Gasteiger partial charge is 0.0642 e. The molecular weight excluding hydrogens is 284 g/mol. The normalized spacial score (nSPS) is 18.3. The Bertz CT molecular complexity index is 454. The predicted octanol–water partition coefficient (Wildman–Crippen LogP) is 2.04. The highest BCUT2D eigenvalue weighted by molar-refractivity contribution is 6.33. The van der Waals surface area contributed by atoms with Gasteiger partial charge >= 0.3 is 0 Å². The van der Waals surface area contributed by atoms with Gasteiger partial charge in [-0.25, -0.2) is 0 Å². The molecular formula is C16H27ClN4. The van der Waals surface area contributed by atoms with Crippen molar-refractivity contribution in [1.29, 1.82) is 0 Å². The number of likely N-dealkylation sites (N-methyl/N-ethyl adjacent to an activating group) is 1. The lowest BCUT2D eigenvalue weighted by atomic mass is 10.1. The third-order valence-electron chi connectivity index (χ3n) is 4.07. The molecule has 1 heterocycles. The third-order valence-corrected chi connectivity index (χ3v) is 4.38. The van der Waals surface area contributed by atoms with E-state index in [2.05, 4.69) is 40.9 Å². The van der Waals surface area contributed by atoms with Crippen molar-refractivity contribution in [3.63, 3.8) is 0 Å². The first-order valence-corrected chi connectivity index (χ1v) is 8.02. The molecule has 5 heteroatoms. The van der Waals surface area contributed by atoms with E-state index in [0.29, 0.717) is 0 Å². The van der Waals surface area contributed by atoms with Crippen molar-refractivity contribution in [3.05, 3.63) is 28.8 Å². The van der Waals surface area contributed by atoms with Crippen LogP contribution in [0.3, 0.4) is 0 Å². The summed E-state index contributed by atoms with van der Waals surface area (Å²) in [5.74, 6) is 0. The van der Waals surface area contributed by atoms with Gasteiger partial charge in [0.05, 0.1) is 10.7 Å². The Kier molecular flexibility index (Phi) is 5.88. The molecule has 1 fully saturated rings. The summed E-state index contributed by atoms with van der Waals surface area (Å²) in [4.78, 5) is 7.12. The SMILES string of the molecule is C[C@@H](N)c1ccc(N2CCN(CCN(C)C)CC2)c(Cl)c1. The van der Waals surface area contributed by atoms with Crippen molar-refractivity contribution in [2.24, 2.45) is 5.73 Å². The first kappa shape index (κ1) is 16.6. The van der Waals surface area contributed by atoms with Gasteiger partial charge in [0, 0.05) is 45.3 Å². The average Bonchev–Trinajstić information content (AvgIpc) is 2.45. The second-order valence-electron chi connectivity index (χ2n) is 6.13. The van der Waals surface area contributed by atoms with Crippen LogP contribution in [0.2, 0.25) is 5.02 Å². The van der Waals surface area contributed by atoms with Crippen LogP contribution in [0.25, 0.3) is 0 Å². The number of benzene rings is 1. The fourth-order valence-corrected chi connectivity index (χ4v) is 2.93. The van der Waals surface area contributed by atoms with Gasteiger partial charge in [-0.1, -0.05) is 17.7 Å². The Morgan fingerprint density at radius 3 is 2.43 bits per heavy atom. The molecule has 1 atom stereocenters. The molecule has 1 aromatic rings. The number of hydrogen-bond acceptors (Lipinski definition) is 4. The fraction of sp³-hybridized carbons (Fsp3) is 0.625. The number of nitrogens with two attached hydrogens (primary N) is 1. The molecule has 1 aromatic carbocycles. The molecule has 1 aliphatic rings. The molecule has 0 bridgehead atoms. The Balaban J connectivity index is 1.93. The molecule has 1 aliphatic heterocycles. The lowest BCUT2D eigenvalue weighted by molar-refractivity contribution is 0.229. The second kappa shape index (κ2) is 7.45. The van der Waals surface area contributed by atoms with E-state index in [9.17, 15) is 0 Å². The topological polar surface area (TPSA) is 35.7 Å². The Morgan fingerprint density at radius 2 is 1.90 bits per heavy atom. The van der Waals surface area contributed by atoms with Crippen molar-refractivity contribution < 1.29 is 0 Å². The molecule has 118 valence electrons. The van der Waals surface area contributed by atoms with Gasteiger partial charge in [-0.15, -0.1) is 0 Å². The average molecular weight is 311 g/mol. The zero-order valence-corrected chi connectivity index (χ0v) is 14.1. The van der Waals surface area contributed by atoms with Crippen molar-refractivity contribution in [1.82, 2.24) is 9.80 Å². The monoisotopic (exact) mass is 310 g/mol. The maximum Gasteiger partial charge on any atom is 0.0642 e. The van der Waals surface area contributed by atoms with E-state index in [1.165, 1.54) is 0 Å². The van der Waals surface area contributed by atoms with Crippen LogP contribution in [0, 0.1) is 0 Å². The third kappa shape index (κ3) is 4.58. The van der Waals surface area contributed by atoms with E-state index in [-0.39, 0.29) is 6.04 Å². The highest BCUT2D eigenvalue weighted by atomic mass is 35.5. The van der Waals surface area contributed by atoms with Gasteiger partial charge in [-0.3, -0.25) is 4.90 Å². The number of halogens is 1. The van der Waals surface area contributed by atoms with Crippen molar-refractivity contribution in [2.45, 2.75) is 13.0 Å². The van der Waals surface area contributed by atoms with Crippen molar-refractivity contribution in [2.75, 3.05) is 58.3 Å². The lowest BCUT2D eigenvalue weighted by Gasteiger charge is -2.37.